The van der Waals surface area contributed by atoms with Crippen molar-refractivity contribution in [2.24, 2.45) is 0 Å². The molecule has 172 valence electrons. The molecule has 0 spiro atoms. The molecule has 1 aliphatic rings. The van der Waals surface area contributed by atoms with Crippen LogP contribution in [0, 0.1) is 6.92 Å². The van der Waals surface area contributed by atoms with Crippen molar-refractivity contribution in [1.82, 2.24) is 15.2 Å². The molecule has 1 atom stereocenters. The van der Waals surface area contributed by atoms with E-state index in [-0.39, 0.29) is 11.6 Å². The molecule has 1 aliphatic heterocycles. The molecule has 1 aromatic heterocycles. The highest BCUT2D eigenvalue weighted by molar-refractivity contribution is 7.98. The maximum atomic E-state index is 6.42. The van der Waals surface area contributed by atoms with Crippen LogP contribution in [0.3, 0.4) is 0 Å². The Labute approximate surface area is 205 Å². The molecular weight excluding hydrogens is 440 g/mol. The average molecular weight is 469 g/mol. The molecule has 0 unspecified atom stereocenters. The monoisotopic (exact) mass is 468 g/mol. The molecule has 5 nitrogen and oxygen atoms in total. The lowest BCUT2D eigenvalue weighted by molar-refractivity contribution is 0.225. The lowest BCUT2D eigenvalue weighted by Crippen LogP contribution is -2.18. The van der Waals surface area contributed by atoms with Gasteiger partial charge < -0.3 is 10.1 Å². The fourth-order valence-corrected chi connectivity index (χ4v) is 4.58. The van der Waals surface area contributed by atoms with Crippen molar-refractivity contribution in [1.29, 1.82) is 0 Å². The summed E-state index contributed by atoms with van der Waals surface area (Å²) < 4.78 is 6.42. The van der Waals surface area contributed by atoms with Gasteiger partial charge in [-0.3, -0.25) is 0 Å². The van der Waals surface area contributed by atoms with Crippen LogP contribution in [0.1, 0.15) is 49.3 Å². The summed E-state index contributed by atoms with van der Waals surface area (Å²) in [4.78, 5) is 4.76. The van der Waals surface area contributed by atoms with Crippen molar-refractivity contribution in [2.75, 3.05) is 5.32 Å². The Morgan fingerprint density at radius 2 is 1.65 bits per heavy atom. The maximum absolute atomic E-state index is 6.42. The van der Waals surface area contributed by atoms with E-state index in [0.717, 1.165) is 22.6 Å². The number of aromatic nitrogens is 3. The quantitative estimate of drug-likeness (QED) is 0.327. The van der Waals surface area contributed by atoms with Crippen molar-refractivity contribution in [3.63, 3.8) is 0 Å². The Morgan fingerprint density at radius 1 is 0.912 bits per heavy atom. The summed E-state index contributed by atoms with van der Waals surface area (Å²) in [6, 6.07) is 25.1. The molecule has 1 N–H and O–H groups in total. The van der Waals surface area contributed by atoms with Crippen LogP contribution in [0.2, 0.25) is 0 Å². The van der Waals surface area contributed by atoms with Crippen molar-refractivity contribution in [2.45, 2.75) is 50.2 Å². The van der Waals surface area contributed by atoms with Crippen LogP contribution in [0.5, 0.6) is 5.88 Å². The first-order valence-electron chi connectivity index (χ1n) is 11.4. The molecule has 0 aliphatic carbocycles. The molecule has 0 fully saturated rings. The average Bonchev–Trinajstić information content (AvgIpc) is 3.00. The summed E-state index contributed by atoms with van der Waals surface area (Å²) in [6.45, 7) is 8.74. The molecule has 3 aromatic carbocycles. The Balaban J connectivity index is 1.46. The first-order valence-corrected chi connectivity index (χ1v) is 12.4. The predicted molar refractivity (Wildman–Crippen MR) is 138 cm³/mol. The number of nitrogens with one attached hydrogen (secondary N) is 1. The number of nitrogens with zero attached hydrogens (tertiary/aromatic N) is 3. The second kappa shape index (κ2) is 9.11. The highest BCUT2D eigenvalue weighted by Crippen LogP contribution is 2.40. The van der Waals surface area contributed by atoms with E-state index in [4.69, 9.17) is 9.72 Å². The van der Waals surface area contributed by atoms with E-state index in [0.29, 0.717) is 16.7 Å². The number of fused-ring (bicyclic) bond motifs is 3. The van der Waals surface area contributed by atoms with Gasteiger partial charge in [0.05, 0.1) is 0 Å². The number of para-hydroxylation sites is 1. The number of rotatable bonds is 4. The maximum Gasteiger partial charge on any atom is 0.247 e. The van der Waals surface area contributed by atoms with Crippen LogP contribution in [0.15, 0.2) is 78.0 Å². The first kappa shape index (κ1) is 22.4. The smallest absolute Gasteiger partial charge is 0.247 e. The van der Waals surface area contributed by atoms with Crippen molar-refractivity contribution in [3.8, 4) is 17.1 Å². The second-order valence-corrected chi connectivity index (χ2v) is 10.5. The van der Waals surface area contributed by atoms with Gasteiger partial charge in [0.1, 0.15) is 0 Å². The van der Waals surface area contributed by atoms with E-state index in [1.807, 2.05) is 24.3 Å². The fourth-order valence-electron chi connectivity index (χ4n) is 3.85. The third-order valence-corrected chi connectivity index (χ3v) is 6.81. The number of benzene rings is 3. The Hall–Kier alpha value is -3.38. The molecule has 0 amide bonds. The third-order valence-electron chi connectivity index (χ3n) is 5.90. The van der Waals surface area contributed by atoms with E-state index < -0.39 is 0 Å². The van der Waals surface area contributed by atoms with Gasteiger partial charge in [-0.25, -0.2) is 0 Å². The summed E-state index contributed by atoms with van der Waals surface area (Å²) in [5.41, 5.74) is 7.40. The van der Waals surface area contributed by atoms with Gasteiger partial charge in [-0.05, 0) is 29.5 Å². The van der Waals surface area contributed by atoms with Gasteiger partial charge in [0.25, 0.3) is 0 Å². The van der Waals surface area contributed by atoms with Crippen LogP contribution in [-0.2, 0) is 11.2 Å². The van der Waals surface area contributed by atoms with Gasteiger partial charge in [0.15, 0.2) is 11.9 Å². The lowest BCUT2D eigenvalue weighted by Gasteiger charge is -2.22. The van der Waals surface area contributed by atoms with E-state index in [1.165, 1.54) is 16.7 Å². The van der Waals surface area contributed by atoms with E-state index in [9.17, 15) is 0 Å². The van der Waals surface area contributed by atoms with Gasteiger partial charge >= 0.3 is 0 Å². The minimum absolute atomic E-state index is 0.0934. The van der Waals surface area contributed by atoms with Crippen LogP contribution in [0.25, 0.3) is 11.3 Å². The largest absolute Gasteiger partial charge is 0.448 e. The molecule has 2 heterocycles. The highest BCUT2D eigenvalue weighted by Gasteiger charge is 2.26. The Bertz CT molecular complexity index is 1300. The van der Waals surface area contributed by atoms with Crippen LogP contribution in [0.4, 0.5) is 5.69 Å². The molecule has 6 heteroatoms. The number of hydrogen-bond donors (Lipinski definition) is 1. The number of ether oxygens (including phenoxy) is 1. The van der Waals surface area contributed by atoms with E-state index in [1.54, 1.807) is 11.8 Å². The fraction of sp³-hybridized carbons (Fsp3) is 0.250. The molecular formula is C28H28N4OS. The summed E-state index contributed by atoms with van der Waals surface area (Å²) in [5.74, 6) is 1.26. The molecule has 0 saturated heterocycles. The van der Waals surface area contributed by atoms with Gasteiger partial charge in [0, 0.05) is 22.6 Å². The zero-order valence-corrected chi connectivity index (χ0v) is 20.7. The first-order chi connectivity index (χ1) is 16.4. The molecule has 4 aromatic rings. The van der Waals surface area contributed by atoms with E-state index in [2.05, 4.69) is 91.7 Å². The summed E-state index contributed by atoms with van der Waals surface area (Å²) in [7, 11) is 0. The summed E-state index contributed by atoms with van der Waals surface area (Å²) in [6.07, 6.45) is -0.386. The Kier molecular flexibility index (Phi) is 6.00. The normalized spacial score (nSPS) is 14.9. The standard InChI is InChI=1S/C28H28N4OS/c1-18-9-11-19(12-10-18)17-34-27-30-26-24(31-32-27)22-7-5-6-8-23(22)29-25(33-26)20-13-15-21(16-14-20)28(2,3)4/h5-16,25,29H,17H2,1-4H3/t25-/m1/s1. The minimum atomic E-state index is -0.386. The van der Waals surface area contributed by atoms with Crippen LogP contribution in [-0.4, -0.2) is 15.2 Å². The number of anilines is 1. The topological polar surface area (TPSA) is 59.9 Å². The summed E-state index contributed by atoms with van der Waals surface area (Å²) in [5, 5.41) is 13.0. The molecule has 0 saturated carbocycles. The van der Waals surface area contributed by atoms with Crippen LogP contribution >= 0.6 is 11.8 Å². The number of hydrogen-bond acceptors (Lipinski definition) is 6. The molecule has 34 heavy (non-hydrogen) atoms. The lowest BCUT2D eigenvalue weighted by atomic mass is 9.86. The minimum Gasteiger partial charge on any atom is -0.448 e. The zero-order valence-electron chi connectivity index (χ0n) is 19.9. The Morgan fingerprint density at radius 3 is 2.38 bits per heavy atom. The van der Waals surface area contributed by atoms with Gasteiger partial charge in [-0.2, -0.15) is 4.98 Å². The van der Waals surface area contributed by atoms with Crippen molar-refractivity contribution in [3.05, 3.63) is 95.1 Å². The van der Waals surface area contributed by atoms with Crippen LogP contribution < -0.4 is 10.1 Å². The van der Waals surface area contributed by atoms with Gasteiger partial charge in [0.2, 0.25) is 11.0 Å². The second-order valence-electron chi connectivity index (χ2n) is 9.58. The SMILES string of the molecule is Cc1ccc(CSc2nnc3c(n2)O[C@H](c2ccc(C(C)(C)C)cc2)Nc2ccccc2-3)cc1. The van der Waals surface area contributed by atoms with Crippen molar-refractivity contribution >= 4 is 17.4 Å². The number of thioether (sulfide) groups is 1. The predicted octanol–water partition coefficient (Wildman–Crippen LogP) is 6.94. The van der Waals surface area contributed by atoms with E-state index >= 15 is 0 Å². The number of aryl methyl sites for hydroxylation is 1. The van der Waals surface area contributed by atoms with Gasteiger partial charge in [-0.1, -0.05) is 105 Å². The molecule has 5 rings (SSSR count). The van der Waals surface area contributed by atoms with Gasteiger partial charge in [-0.15, -0.1) is 10.2 Å². The summed E-state index contributed by atoms with van der Waals surface area (Å²) >= 11 is 1.56. The molecule has 0 radical (unpaired) electrons. The third kappa shape index (κ3) is 4.77. The van der Waals surface area contributed by atoms with Crippen molar-refractivity contribution < 1.29 is 4.74 Å². The highest BCUT2D eigenvalue weighted by atomic mass is 32.2. The zero-order chi connectivity index (χ0) is 23.7. The molecule has 0 bridgehead atoms.